The van der Waals surface area contributed by atoms with Crippen molar-refractivity contribution in [3.8, 4) is 0 Å². The third-order valence-electron chi connectivity index (χ3n) is 32.6. The summed E-state index contributed by atoms with van der Waals surface area (Å²) in [4.78, 5) is 47.8. The maximum Gasteiger partial charge on any atom is 0.0257 e. The van der Waals surface area contributed by atoms with Crippen molar-refractivity contribution in [2.75, 3.05) is 144 Å². The predicted octanol–water partition coefficient (Wildman–Crippen LogP) is 28.6. The van der Waals surface area contributed by atoms with Crippen molar-refractivity contribution in [1.82, 2.24) is 88.2 Å². The molecule has 0 aliphatic heterocycles. The number of hydrogen-bond donors (Lipinski definition) is 0. The summed E-state index contributed by atoms with van der Waals surface area (Å²) in [5.41, 5.74) is 0. The molecule has 0 aromatic rings. The first-order valence-electron chi connectivity index (χ1n) is 63.2. The van der Waals surface area contributed by atoms with Crippen molar-refractivity contribution >= 4 is 0 Å². The van der Waals surface area contributed by atoms with Crippen LogP contribution in [0.5, 0.6) is 0 Å². The van der Waals surface area contributed by atoms with Crippen molar-refractivity contribution in [2.45, 2.75) is 697 Å². The van der Waals surface area contributed by atoms with Crippen LogP contribution in [0.3, 0.4) is 0 Å². The molecule has 0 heterocycles. The lowest BCUT2D eigenvalue weighted by atomic mass is 9.85. The molecule has 884 valence electrons. The fourth-order valence-electron chi connectivity index (χ4n) is 25.1. The van der Waals surface area contributed by atoms with Gasteiger partial charge in [0, 0.05) is 324 Å². The lowest BCUT2D eigenvalue weighted by Crippen LogP contribution is -2.60. The fourth-order valence-corrected chi connectivity index (χ4v) is 25.1. The minimum absolute atomic E-state index is 0.577. The molecule has 18 nitrogen and oxygen atoms in total. The number of hydrogen-bond acceptors (Lipinski definition) is 18. The van der Waals surface area contributed by atoms with Crippen molar-refractivity contribution in [3.63, 3.8) is 0 Å². The topological polar surface area (TPSA) is 58.3 Å². The van der Waals surface area contributed by atoms with Crippen LogP contribution in [0.15, 0.2) is 0 Å². The van der Waals surface area contributed by atoms with Gasteiger partial charge in [-0.2, -0.15) is 0 Å². The zero-order valence-corrected chi connectivity index (χ0v) is 111. The lowest BCUT2D eigenvalue weighted by Gasteiger charge is -2.50. The molecule has 0 saturated heterocycles. The summed E-state index contributed by atoms with van der Waals surface area (Å²) in [5.74, 6) is 0. The summed E-state index contributed by atoms with van der Waals surface area (Å²) in [6.07, 6.45) is 23.8. The Balaban J connectivity index is -0.000000839. The molecule has 2 saturated carbocycles. The van der Waals surface area contributed by atoms with Crippen LogP contribution >= 0.6 is 0 Å². The zero-order valence-electron chi connectivity index (χ0n) is 111. The van der Waals surface area contributed by atoms with Gasteiger partial charge in [-0.15, -0.1) is 0 Å². The number of nitrogens with zero attached hydrogens (tertiary/aromatic N) is 18. The smallest absolute Gasteiger partial charge is 0.0257 e. The molecule has 0 spiro atoms. The molecule has 0 radical (unpaired) electrons. The van der Waals surface area contributed by atoms with Crippen LogP contribution < -0.4 is 0 Å². The standard InChI is InChI=1S/C29H65N5.C27H59N3.C19H43N3.2C18H38N2.C17H39N3/c1-23(2)30(15-17-31(24(3)4)19-21-33(26(7)8)27(9)10)16-18-32(25(5)6)20-22-34(28(11)12)29(13)14;1-10-11-12-13-14-15-16-17-18-19-28(20-22-29(24(2)3)25(4)5)21-23-30(26(6)7)27(8)9;1-15(2)20(11-13-21(16(3)4)17(5)6)12-14-22(18(7)8)19(9)10;2*1-13(2)19(14(3)4)17-11-9-10-12-18(17)20(15(5)6)16(7)8;1-14(2)19(15(3)4)12-10-18(9)11-13-20(16(5)6)17(7)8/h23-29H,15-22H2,1-14H3;24-27H,10-23H2,1-9H3;15-19H,11-14H2,1-10H3;2*13-18H,9-12H2,1-8H3;14-17H,10-13H2,1-9H3/t;;;17-,18+;17-,18-;/m....1./s1. The minimum atomic E-state index is 0.577. The molecule has 0 bridgehead atoms. The van der Waals surface area contributed by atoms with Crippen molar-refractivity contribution in [1.29, 1.82) is 0 Å². The second-order valence-corrected chi connectivity index (χ2v) is 53.3. The second kappa shape index (κ2) is 84.4. The van der Waals surface area contributed by atoms with Gasteiger partial charge < -0.3 is 9.80 Å². The molecule has 146 heavy (non-hydrogen) atoms. The summed E-state index contributed by atoms with van der Waals surface area (Å²) in [6, 6.07) is 20.3. The average Bonchev–Trinajstić information content (AvgIpc) is 0.803. The van der Waals surface area contributed by atoms with Crippen LogP contribution in [0.2, 0.25) is 0 Å². The van der Waals surface area contributed by atoms with E-state index in [1.54, 1.807) is 0 Å². The Hall–Kier alpha value is -0.720. The Bertz CT molecular complexity index is 2540. The van der Waals surface area contributed by atoms with E-state index < -0.39 is 0 Å². The van der Waals surface area contributed by atoms with Crippen LogP contribution in [-0.4, -0.2) is 426 Å². The number of likely N-dealkylation sites (N-methyl/N-ethyl adjacent to an activating group) is 1. The van der Waals surface area contributed by atoms with Gasteiger partial charge in [0.1, 0.15) is 0 Å². The van der Waals surface area contributed by atoms with E-state index in [1.165, 1.54) is 142 Å². The predicted molar refractivity (Wildman–Crippen MR) is 664 cm³/mol. The Labute approximate surface area is 924 Å². The Kier molecular flexibility index (Phi) is 87.6. The maximum absolute atomic E-state index is 2.77. The summed E-state index contributed by atoms with van der Waals surface area (Å²) >= 11 is 0. The Morgan fingerprint density at radius 1 is 0.144 bits per heavy atom. The monoisotopic (exact) mass is 2070 g/mol. The highest BCUT2D eigenvalue weighted by Crippen LogP contribution is 2.35. The van der Waals surface area contributed by atoms with E-state index in [0.29, 0.717) is 169 Å². The lowest BCUT2D eigenvalue weighted by molar-refractivity contribution is -0.0130. The van der Waals surface area contributed by atoms with Crippen LogP contribution in [0.25, 0.3) is 0 Å². The maximum atomic E-state index is 2.77. The zero-order chi connectivity index (χ0) is 114. The quantitative estimate of drug-likeness (QED) is 0.0543. The SMILES string of the molecule is CC(C)N(C(C)C)[C@@H]1CCCC[C@@H]1N(C(C)C)C(C)C.CC(C)N(C(C)C)[C@@H]1CCCC[C@H]1N(C(C)C)C(C)C.CC(C)N(CCN(C(C)C)C(C)C)CCN(C(C)C)C(C)C.CC(C)N(CCN(C)CCN(C(C)C)C(C)C)C(C)C.CC(C)N(CCN(CCN(C(C)C)C(C)C)C(C)C)CCN(CCN(C(C)C)C(C)C)C(C)C.CCCCCCCCCCCN(CCN(C(C)C)C(C)C)CCN(C(C)C)C(C)C. The molecule has 2 aliphatic rings. The number of unbranched alkanes of at least 4 members (excludes halogenated alkanes) is 8. The third kappa shape index (κ3) is 65.6. The largest absolute Gasteiger partial charge is 0.304 e. The highest BCUT2D eigenvalue weighted by atomic mass is 15.3. The van der Waals surface area contributed by atoms with E-state index >= 15 is 0 Å². The van der Waals surface area contributed by atoms with Gasteiger partial charge in [0.05, 0.1) is 0 Å². The summed E-state index contributed by atoms with van der Waals surface area (Å²) < 4.78 is 0. The molecule has 0 aromatic heterocycles. The Morgan fingerprint density at radius 3 is 0.425 bits per heavy atom. The number of rotatable bonds is 72. The minimum Gasteiger partial charge on any atom is -0.304 e. The molecular weight excluding hydrogens is 1790 g/mol. The summed E-state index contributed by atoms with van der Waals surface area (Å²) in [6.45, 7) is 157. The van der Waals surface area contributed by atoms with Crippen LogP contribution in [0.4, 0.5) is 0 Å². The first-order chi connectivity index (χ1) is 67.7. The van der Waals surface area contributed by atoms with Gasteiger partial charge in [0.25, 0.3) is 0 Å². The second-order valence-electron chi connectivity index (χ2n) is 53.3. The van der Waals surface area contributed by atoms with E-state index in [1.807, 2.05) is 0 Å². The van der Waals surface area contributed by atoms with E-state index in [2.05, 4.69) is 490 Å². The Morgan fingerprint density at radius 2 is 0.281 bits per heavy atom. The van der Waals surface area contributed by atoms with Gasteiger partial charge in [0.15, 0.2) is 0 Å². The van der Waals surface area contributed by atoms with Gasteiger partial charge in [-0.1, -0.05) is 84.0 Å². The van der Waals surface area contributed by atoms with E-state index in [0.717, 1.165) is 129 Å². The van der Waals surface area contributed by atoms with E-state index in [4.69, 9.17) is 0 Å². The molecule has 4 atom stereocenters. The normalized spacial score (nSPS) is 16.4. The summed E-state index contributed by atoms with van der Waals surface area (Å²) in [5, 5.41) is 0. The molecule has 2 fully saturated rings. The molecule has 2 aliphatic carbocycles. The first-order valence-corrected chi connectivity index (χ1v) is 63.2. The fraction of sp³-hybridized carbons (Fsp3) is 1.00. The van der Waals surface area contributed by atoms with Gasteiger partial charge in [0.2, 0.25) is 0 Å². The van der Waals surface area contributed by atoms with Gasteiger partial charge in [-0.25, -0.2) is 0 Å². The van der Waals surface area contributed by atoms with Crippen molar-refractivity contribution in [2.24, 2.45) is 0 Å². The molecule has 2 rings (SSSR count). The van der Waals surface area contributed by atoms with Gasteiger partial charge in [-0.05, 0) is 433 Å². The highest BCUT2D eigenvalue weighted by Gasteiger charge is 2.41. The van der Waals surface area contributed by atoms with Crippen LogP contribution in [-0.2, 0) is 0 Å². The molecule has 0 aromatic carbocycles. The molecule has 0 amide bonds. The third-order valence-corrected chi connectivity index (χ3v) is 32.6. The highest BCUT2D eigenvalue weighted by molar-refractivity contribution is 4.97. The van der Waals surface area contributed by atoms with E-state index in [-0.39, 0.29) is 0 Å². The molecule has 0 unspecified atom stereocenters. The molecule has 18 heteroatoms. The van der Waals surface area contributed by atoms with Gasteiger partial charge in [-0.3, -0.25) is 78.4 Å². The van der Waals surface area contributed by atoms with E-state index in [9.17, 15) is 0 Å². The van der Waals surface area contributed by atoms with Gasteiger partial charge >= 0.3 is 0 Å². The van der Waals surface area contributed by atoms with Crippen LogP contribution in [0, 0.1) is 0 Å². The summed E-state index contributed by atoms with van der Waals surface area (Å²) in [7, 11) is 2.25. The molecular formula is C128H282N18. The molecule has 0 N–H and O–H groups in total. The first kappa shape index (κ1) is 152. The van der Waals surface area contributed by atoms with Crippen LogP contribution in [0.1, 0.15) is 504 Å². The average molecular weight is 2070 g/mol. The van der Waals surface area contributed by atoms with Crippen molar-refractivity contribution in [3.05, 3.63) is 0 Å². The van der Waals surface area contributed by atoms with Crippen molar-refractivity contribution < 1.29 is 0 Å².